The van der Waals surface area contributed by atoms with Crippen LogP contribution >= 0.6 is 0 Å². The van der Waals surface area contributed by atoms with Crippen LogP contribution < -0.4 is 16.4 Å². The zero-order valence-corrected chi connectivity index (χ0v) is 20.1. The molecule has 2 aromatic heterocycles. The van der Waals surface area contributed by atoms with Gasteiger partial charge in [0.25, 0.3) is 5.91 Å². The highest BCUT2D eigenvalue weighted by Crippen LogP contribution is 2.42. The van der Waals surface area contributed by atoms with Gasteiger partial charge < -0.3 is 16.4 Å². The van der Waals surface area contributed by atoms with Crippen molar-refractivity contribution in [2.45, 2.75) is 64.1 Å². The molecule has 1 aliphatic carbocycles. The number of amides is 1. The number of benzene rings is 1. The summed E-state index contributed by atoms with van der Waals surface area (Å²) in [4.78, 5) is 21.6. The summed E-state index contributed by atoms with van der Waals surface area (Å²) in [6.07, 6.45) is 8.52. The van der Waals surface area contributed by atoms with Crippen LogP contribution in [0.5, 0.6) is 0 Å². The quantitative estimate of drug-likeness (QED) is 0.534. The van der Waals surface area contributed by atoms with Crippen LogP contribution in [0.15, 0.2) is 30.6 Å². The molecule has 1 saturated heterocycles. The van der Waals surface area contributed by atoms with Crippen molar-refractivity contribution >= 4 is 11.7 Å². The summed E-state index contributed by atoms with van der Waals surface area (Å²) in [5.74, 6) is -0.792. The zero-order valence-electron chi connectivity index (χ0n) is 20.1. The molecule has 3 aromatic rings. The van der Waals surface area contributed by atoms with Gasteiger partial charge in [-0.1, -0.05) is 19.9 Å². The minimum atomic E-state index is -0.436. The maximum Gasteiger partial charge on any atom is 0.274 e. The molecule has 1 unspecified atom stereocenters. The summed E-state index contributed by atoms with van der Waals surface area (Å²) >= 11 is 0. The van der Waals surface area contributed by atoms with E-state index in [-0.39, 0.29) is 40.1 Å². The molecule has 4 heterocycles. The summed E-state index contributed by atoms with van der Waals surface area (Å²) < 4.78 is 17.0. The highest BCUT2D eigenvalue weighted by Gasteiger charge is 2.45. The second kappa shape index (κ2) is 7.84. The van der Waals surface area contributed by atoms with Gasteiger partial charge in [0.15, 0.2) is 11.5 Å². The number of rotatable bonds is 4. The lowest BCUT2D eigenvalue weighted by Gasteiger charge is -2.30. The van der Waals surface area contributed by atoms with Crippen molar-refractivity contribution in [3.05, 3.63) is 47.8 Å². The fourth-order valence-electron chi connectivity index (χ4n) is 5.41. The molecule has 2 fully saturated rings. The number of nitrogens with one attached hydrogen (secondary N) is 2. The van der Waals surface area contributed by atoms with Crippen LogP contribution in [0.4, 0.5) is 10.2 Å². The van der Waals surface area contributed by atoms with E-state index in [2.05, 4.69) is 39.5 Å². The third-order valence-corrected chi connectivity index (χ3v) is 7.63. The van der Waals surface area contributed by atoms with Gasteiger partial charge in [0, 0.05) is 41.5 Å². The minimum Gasteiger partial charge on any atom is -0.382 e. The lowest BCUT2D eigenvalue weighted by atomic mass is 9.89. The van der Waals surface area contributed by atoms with Crippen LogP contribution in [-0.4, -0.2) is 43.8 Å². The molecule has 1 aromatic carbocycles. The van der Waals surface area contributed by atoms with E-state index in [0.717, 1.165) is 49.2 Å². The standard InChI is InChI=1S/C26H30FN7O/c1-25(2)10-21-18(12-31-34(21)14-25)15-3-4-19(27)17(9-15)20-13-29-23(28)22(33-20)24(35)32-16-5-6-26(7-8-26)30-11-16/h3-4,9,12-13,16,30H,5-8,10-11,14H2,1-2H3,(H2,28,29)(H,32,35). The van der Waals surface area contributed by atoms with Crippen LogP contribution in [0.1, 0.15) is 55.7 Å². The molecule has 3 aliphatic rings. The second-order valence-corrected chi connectivity index (χ2v) is 11.1. The lowest BCUT2D eigenvalue weighted by molar-refractivity contribution is 0.0921. The Bertz CT molecular complexity index is 1320. The summed E-state index contributed by atoms with van der Waals surface area (Å²) in [6, 6.07) is 4.93. The molecular weight excluding hydrogens is 445 g/mol. The third kappa shape index (κ3) is 4.07. The van der Waals surface area contributed by atoms with Crippen LogP contribution in [0.25, 0.3) is 22.4 Å². The number of nitrogens with two attached hydrogens (primary N) is 1. The number of nitrogens with zero attached hydrogens (tertiary/aromatic N) is 4. The van der Waals surface area contributed by atoms with Crippen molar-refractivity contribution in [1.82, 2.24) is 30.4 Å². The highest BCUT2D eigenvalue weighted by molar-refractivity contribution is 5.97. The summed E-state index contributed by atoms with van der Waals surface area (Å²) in [7, 11) is 0. The highest BCUT2D eigenvalue weighted by atomic mass is 19.1. The second-order valence-electron chi connectivity index (χ2n) is 11.1. The van der Waals surface area contributed by atoms with Gasteiger partial charge in [-0.3, -0.25) is 9.48 Å². The molecule has 35 heavy (non-hydrogen) atoms. The van der Waals surface area contributed by atoms with E-state index >= 15 is 0 Å². The third-order valence-electron chi connectivity index (χ3n) is 7.63. The summed E-state index contributed by atoms with van der Waals surface area (Å²) in [5.41, 5.74) is 9.99. The predicted octanol–water partition coefficient (Wildman–Crippen LogP) is 3.33. The maximum atomic E-state index is 15.0. The molecule has 9 heteroatoms. The average molecular weight is 476 g/mol. The number of anilines is 1. The van der Waals surface area contributed by atoms with Crippen molar-refractivity contribution < 1.29 is 9.18 Å². The fourth-order valence-corrected chi connectivity index (χ4v) is 5.41. The Labute approximate surface area is 203 Å². The van der Waals surface area contributed by atoms with Crippen LogP contribution in [0.2, 0.25) is 0 Å². The van der Waals surface area contributed by atoms with E-state index in [9.17, 15) is 9.18 Å². The molecule has 0 radical (unpaired) electrons. The number of aromatic nitrogens is 4. The Kier molecular flexibility index (Phi) is 4.96. The van der Waals surface area contributed by atoms with Crippen molar-refractivity contribution in [2.24, 2.45) is 5.41 Å². The minimum absolute atomic E-state index is 0.00679. The van der Waals surface area contributed by atoms with Crippen LogP contribution in [-0.2, 0) is 13.0 Å². The average Bonchev–Trinajstić information content (AvgIpc) is 3.37. The van der Waals surface area contributed by atoms with Gasteiger partial charge >= 0.3 is 0 Å². The first kappa shape index (κ1) is 22.2. The molecule has 1 amide bonds. The van der Waals surface area contributed by atoms with E-state index in [1.807, 2.05) is 10.9 Å². The molecule has 8 nitrogen and oxygen atoms in total. The summed E-state index contributed by atoms with van der Waals surface area (Å²) in [6.45, 7) is 6.01. The van der Waals surface area contributed by atoms with E-state index in [1.165, 1.54) is 25.1 Å². The normalized spacial score (nSPS) is 21.6. The number of hydrogen-bond donors (Lipinski definition) is 3. The predicted molar refractivity (Wildman–Crippen MR) is 131 cm³/mol. The maximum absolute atomic E-state index is 15.0. The molecule has 1 spiro atoms. The molecule has 1 atom stereocenters. The number of piperidine rings is 1. The first-order valence-electron chi connectivity index (χ1n) is 12.3. The van der Waals surface area contributed by atoms with Gasteiger partial charge in [-0.15, -0.1) is 0 Å². The Morgan fingerprint density at radius 2 is 2.06 bits per heavy atom. The number of halogens is 1. The van der Waals surface area contributed by atoms with Gasteiger partial charge in [-0.05, 0) is 55.2 Å². The largest absolute Gasteiger partial charge is 0.382 e. The van der Waals surface area contributed by atoms with Crippen LogP contribution in [0, 0.1) is 11.2 Å². The SMILES string of the molecule is CC1(C)Cc2c(-c3ccc(F)c(-c4cnc(N)c(C(=O)NC5CCC6(CC6)NC5)n4)c3)cnn2C1. The molecule has 182 valence electrons. The lowest BCUT2D eigenvalue weighted by Crippen LogP contribution is -2.50. The Morgan fingerprint density at radius 1 is 1.23 bits per heavy atom. The molecule has 2 aliphatic heterocycles. The van der Waals surface area contributed by atoms with Gasteiger partial charge in [-0.2, -0.15) is 5.10 Å². The zero-order chi connectivity index (χ0) is 24.4. The number of carbonyl (C=O) groups excluding carboxylic acids is 1. The van der Waals surface area contributed by atoms with E-state index in [0.29, 0.717) is 5.54 Å². The van der Waals surface area contributed by atoms with Crippen molar-refractivity contribution in [2.75, 3.05) is 12.3 Å². The number of hydrogen-bond acceptors (Lipinski definition) is 6. The van der Waals surface area contributed by atoms with Crippen molar-refractivity contribution in [1.29, 1.82) is 0 Å². The van der Waals surface area contributed by atoms with Crippen molar-refractivity contribution in [3.63, 3.8) is 0 Å². The smallest absolute Gasteiger partial charge is 0.274 e. The Morgan fingerprint density at radius 3 is 2.80 bits per heavy atom. The first-order chi connectivity index (χ1) is 16.7. The Hall–Kier alpha value is -3.33. The Balaban J connectivity index is 1.27. The monoisotopic (exact) mass is 475 g/mol. The van der Waals surface area contributed by atoms with Crippen LogP contribution in [0.3, 0.4) is 0 Å². The van der Waals surface area contributed by atoms with E-state index in [1.54, 1.807) is 12.1 Å². The van der Waals surface area contributed by atoms with E-state index in [4.69, 9.17) is 5.73 Å². The van der Waals surface area contributed by atoms with E-state index < -0.39 is 5.82 Å². The first-order valence-corrected chi connectivity index (χ1v) is 12.3. The van der Waals surface area contributed by atoms with Gasteiger partial charge in [0.2, 0.25) is 0 Å². The molecule has 1 saturated carbocycles. The molecule has 0 bridgehead atoms. The van der Waals surface area contributed by atoms with Gasteiger partial charge in [0.1, 0.15) is 5.82 Å². The molecule has 6 rings (SSSR count). The number of fused-ring (bicyclic) bond motifs is 1. The molecular formula is C26H30FN7O. The van der Waals surface area contributed by atoms with Gasteiger partial charge in [-0.25, -0.2) is 14.4 Å². The topological polar surface area (TPSA) is 111 Å². The number of carbonyl (C=O) groups is 1. The molecule has 4 N–H and O–H groups in total. The van der Waals surface area contributed by atoms with Crippen molar-refractivity contribution in [3.8, 4) is 22.4 Å². The summed E-state index contributed by atoms with van der Waals surface area (Å²) in [5, 5.41) is 11.1. The van der Waals surface area contributed by atoms with Gasteiger partial charge in [0.05, 0.1) is 18.1 Å². The number of nitrogen functional groups attached to an aromatic ring is 1. The fraction of sp³-hybridized carbons (Fsp3) is 0.462.